The van der Waals surface area contributed by atoms with Crippen LogP contribution in [-0.4, -0.2) is 65.2 Å². The molecule has 0 spiro atoms. The lowest BCUT2D eigenvalue weighted by Gasteiger charge is -2.23. The average molecular weight is 409 g/mol. The number of methoxy groups -OCH3 is 2. The van der Waals surface area contributed by atoms with E-state index in [1.165, 1.54) is 0 Å². The highest BCUT2D eigenvalue weighted by Gasteiger charge is 2.43. The number of rotatable bonds is 6. The van der Waals surface area contributed by atoms with Gasteiger partial charge in [0.05, 0.1) is 33.0 Å². The normalized spacial score (nSPS) is 19.8. The van der Waals surface area contributed by atoms with Gasteiger partial charge in [0.2, 0.25) is 0 Å². The molecule has 0 bridgehead atoms. The molecule has 27 heavy (non-hydrogen) atoms. The number of hydrogen-bond acceptors (Lipinski definition) is 8. The van der Waals surface area contributed by atoms with Gasteiger partial charge in [-0.15, -0.1) is 0 Å². The number of nitrogens with zero attached hydrogens (tertiary/aromatic N) is 1. The molecule has 0 aromatic heterocycles. The number of carbonyl (C=O) groups is 2. The molecule has 1 aliphatic heterocycles. The van der Waals surface area contributed by atoms with Crippen LogP contribution in [0.5, 0.6) is 5.75 Å². The fourth-order valence-corrected chi connectivity index (χ4v) is 3.25. The predicted octanol–water partition coefficient (Wildman–Crippen LogP) is 0.637. The van der Waals surface area contributed by atoms with Gasteiger partial charge in [0.25, 0.3) is 5.91 Å². The van der Waals surface area contributed by atoms with Gasteiger partial charge < -0.3 is 14.4 Å². The Kier molecular flexibility index (Phi) is 6.34. The number of ether oxygens (including phenoxy) is 2. The minimum Gasteiger partial charge on any atom is -0.491 e. The van der Waals surface area contributed by atoms with Crippen molar-refractivity contribution in [3.05, 3.63) is 29.3 Å². The summed E-state index contributed by atoms with van der Waals surface area (Å²) >= 11 is 0. The van der Waals surface area contributed by atoms with E-state index < -0.39 is 57.4 Å². The van der Waals surface area contributed by atoms with E-state index in [-0.39, 0.29) is 13.0 Å². The zero-order valence-electron chi connectivity index (χ0n) is 14.6. The molecule has 1 fully saturated rings. The first-order valence-electron chi connectivity index (χ1n) is 7.54. The van der Waals surface area contributed by atoms with Crippen LogP contribution in [0.15, 0.2) is 12.1 Å². The molecule has 0 aliphatic carbocycles. The lowest BCUT2D eigenvalue weighted by molar-refractivity contribution is -0.145. The van der Waals surface area contributed by atoms with Gasteiger partial charge in [-0.1, -0.05) is 0 Å². The maximum atomic E-state index is 14.4. The topological polar surface area (TPSA) is 108 Å². The summed E-state index contributed by atoms with van der Waals surface area (Å²) in [5.74, 6) is -4.85. The minimum atomic E-state index is -4.33. The van der Waals surface area contributed by atoms with Crippen LogP contribution in [0.4, 0.5) is 8.78 Å². The monoisotopic (exact) mass is 409 g/mol. The van der Waals surface area contributed by atoms with E-state index >= 15 is 0 Å². The number of amides is 1. The number of esters is 1. The molecule has 1 saturated heterocycles. The molecule has 0 saturated carbocycles. The largest absolute Gasteiger partial charge is 0.491 e. The summed E-state index contributed by atoms with van der Waals surface area (Å²) in [4.78, 5) is 25.6. The van der Waals surface area contributed by atoms with Crippen LogP contribution in [0.25, 0.3) is 0 Å². The van der Waals surface area contributed by atoms with Crippen molar-refractivity contribution in [3.8, 4) is 5.75 Å². The van der Waals surface area contributed by atoms with Crippen molar-refractivity contribution >= 4 is 22.3 Å². The second-order valence-electron chi connectivity index (χ2n) is 5.47. The number of halogens is 2. The predicted molar refractivity (Wildman–Crippen MR) is 85.2 cm³/mol. The van der Waals surface area contributed by atoms with Crippen LogP contribution >= 0.6 is 0 Å². The van der Waals surface area contributed by atoms with Crippen molar-refractivity contribution in [2.24, 2.45) is 0 Å². The van der Waals surface area contributed by atoms with Crippen molar-refractivity contribution in [1.82, 2.24) is 4.90 Å². The summed E-state index contributed by atoms with van der Waals surface area (Å²) in [6, 6.07) is 0.501. The highest BCUT2D eigenvalue weighted by molar-refractivity contribution is 7.81. The number of hydrogen-bond donors (Lipinski definition) is 0. The molecule has 1 amide bonds. The molecule has 2 atom stereocenters. The standard InChI is InChI=1S/C15H17F2NO8S/c1-23-13-10(16)5-4-9(12(13)17)14(19)18-7-8(26-27(21,22)25-3)6-11(18)15(20)24-2/h4-5,8,11H,6-7H2,1-3H3/t8-,11+/m1/s1. The van der Waals surface area contributed by atoms with Gasteiger partial charge in [-0.3, -0.25) is 8.98 Å². The third kappa shape index (κ3) is 4.34. The smallest absolute Gasteiger partial charge is 0.399 e. The number of likely N-dealkylation sites (tertiary alicyclic amines) is 1. The fraction of sp³-hybridized carbons (Fsp3) is 0.467. The molecule has 1 aliphatic rings. The molecule has 1 heterocycles. The Balaban J connectivity index is 2.36. The molecule has 0 N–H and O–H groups in total. The van der Waals surface area contributed by atoms with E-state index in [4.69, 9.17) is 4.18 Å². The fourth-order valence-electron chi connectivity index (χ4n) is 2.70. The molecule has 1 aromatic rings. The zero-order valence-corrected chi connectivity index (χ0v) is 15.4. The van der Waals surface area contributed by atoms with E-state index in [0.29, 0.717) is 0 Å². The first kappa shape index (κ1) is 21.0. The molecule has 0 unspecified atom stereocenters. The van der Waals surface area contributed by atoms with Crippen molar-refractivity contribution < 1.29 is 44.6 Å². The van der Waals surface area contributed by atoms with Crippen LogP contribution in [0.1, 0.15) is 16.8 Å². The van der Waals surface area contributed by atoms with E-state index in [1.54, 1.807) is 0 Å². The molecular weight excluding hydrogens is 392 g/mol. The first-order chi connectivity index (χ1) is 12.6. The van der Waals surface area contributed by atoms with E-state index in [0.717, 1.165) is 38.4 Å². The molecule has 12 heteroatoms. The van der Waals surface area contributed by atoms with E-state index in [9.17, 15) is 26.8 Å². The highest BCUT2D eigenvalue weighted by Crippen LogP contribution is 2.29. The van der Waals surface area contributed by atoms with Gasteiger partial charge in [0.15, 0.2) is 17.4 Å². The Bertz CT molecular complexity index is 844. The van der Waals surface area contributed by atoms with Crippen molar-refractivity contribution in [1.29, 1.82) is 0 Å². The molecule has 1 aromatic carbocycles. The van der Waals surface area contributed by atoms with Gasteiger partial charge in [0.1, 0.15) is 6.04 Å². The summed E-state index contributed by atoms with van der Waals surface area (Å²) in [6.45, 7) is -0.361. The maximum Gasteiger partial charge on any atom is 0.399 e. The summed E-state index contributed by atoms with van der Waals surface area (Å²) in [7, 11) is -1.34. The van der Waals surface area contributed by atoms with Gasteiger partial charge in [0, 0.05) is 13.0 Å². The lowest BCUT2D eigenvalue weighted by Crippen LogP contribution is -2.41. The summed E-state index contributed by atoms with van der Waals surface area (Å²) in [5, 5.41) is 0. The molecule has 150 valence electrons. The van der Waals surface area contributed by atoms with Gasteiger partial charge in [-0.25, -0.2) is 17.8 Å². The summed E-state index contributed by atoms with van der Waals surface area (Å²) in [5.41, 5.74) is -0.558. The second kappa shape index (κ2) is 8.15. The van der Waals surface area contributed by atoms with Gasteiger partial charge in [-0.2, -0.15) is 8.42 Å². The third-order valence-corrected chi connectivity index (χ3v) is 4.85. The lowest BCUT2D eigenvalue weighted by atomic mass is 10.1. The first-order valence-corrected chi connectivity index (χ1v) is 8.88. The Labute approximate surface area is 154 Å². The summed E-state index contributed by atoms with van der Waals surface area (Å²) in [6.07, 6.45) is -1.34. The SMILES string of the molecule is COC(=O)[C@@H]1C[C@@H](OS(=O)(=O)OC)CN1C(=O)c1ccc(F)c(OC)c1F. The average Bonchev–Trinajstić information content (AvgIpc) is 3.04. The maximum absolute atomic E-state index is 14.4. The Morgan fingerprint density at radius 3 is 2.41 bits per heavy atom. The van der Waals surface area contributed by atoms with Crippen LogP contribution in [0.2, 0.25) is 0 Å². The van der Waals surface area contributed by atoms with E-state index in [1.807, 2.05) is 0 Å². The van der Waals surface area contributed by atoms with Crippen LogP contribution in [0, 0.1) is 11.6 Å². The van der Waals surface area contributed by atoms with Gasteiger partial charge in [-0.05, 0) is 12.1 Å². The molecule has 2 rings (SSSR count). The quantitative estimate of drug-likeness (QED) is 0.630. The van der Waals surface area contributed by atoms with Crippen LogP contribution in [0.3, 0.4) is 0 Å². The van der Waals surface area contributed by atoms with Crippen molar-refractivity contribution in [3.63, 3.8) is 0 Å². The van der Waals surface area contributed by atoms with Crippen LogP contribution < -0.4 is 4.74 Å². The van der Waals surface area contributed by atoms with Crippen molar-refractivity contribution in [2.75, 3.05) is 27.9 Å². The molecule has 0 radical (unpaired) electrons. The Morgan fingerprint density at radius 2 is 1.85 bits per heavy atom. The minimum absolute atomic E-state index is 0.221. The zero-order chi connectivity index (χ0) is 20.4. The number of carbonyl (C=O) groups excluding carboxylic acids is 2. The highest BCUT2D eigenvalue weighted by atomic mass is 32.3. The van der Waals surface area contributed by atoms with Crippen molar-refractivity contribution in [2.45, 2.75) is 18.6 Å². The van der Waals surface area contributed by atoms with Gasteiger partial charge >= 0.3 is 16.4 Å². The molecule has 9 nitrogen and oxygen atoms in total. The number of benzene rings is 1. The third-order valence-electron chi connectivity index (χ3n) is 3.94. The Morgan fingerprint density at radius 1 is 1.19 bits per heavy atom. The second-order valence-corrected chi connectivity index (χ2v) is 6.81. The molecular formula is C15H17F2NO8S. The van der Waals surface area contributed by atoms with Crippen LogP contribution in [-0.2, 0) is 28.3 Å². The summed E-state index contributed by atoms with van der Waals surface area (Å²) < 4.78 is 69.0. The Hall–Kier alpha value is -2.31. The van der Waals surface area contributed by atoms with E-state index in [2.05, 4.69) is 13.7 Å².